The molecule has 0 aromatic rings. The van der Waals surface area contributed by atoms with Gasteiger partial charge in [-0.1, -0.05) is 32.3 Å². The van der Waals surface area contributed by atoms with Gasteiger partial charge in [-0.3, -0.25) is 0 Å². The van der Waals surface area contributed by atoms with Gasteiger partial charge >= 0.3 is 0 Å². The molecule has 1 atom stereocenters. The molecule has 0 spiro atoms. The second-order valence-corrected chi connectivity index (χ2v) is 4.44. The van der Waals surface area contributed by atoms with Gasteiger partial charge in [0.1, 0.15) is 0 Å². The fourth-order valence-corrected chi connectivity index (χ4v) is 2.08. The average Bonchev–Trinajstić information content (AvgIpc) is 2.28. The molecule has 0 aromatic heterocycles. The van der Waals surface area contributed by atoms with E-state index in [-0.39, 0.29) is 5.41 Å². The molecular weight excluding hydrogens is 156 g/mol. The predicted octanol–water partition coefficient (Wildman–Crippen LogP) is 4.28. The van der Waals surface area contributed by atoms with Gasteiger partial charge in [-0.05, 0) is 44.4 Å². The molecule has 0 heteroatoms. The molecule has 1 radical (unpaired) electrons. The van der Waals surface area contributed by atoms with Gasteiger partial charge in [0.2, 0.25) is 0 Å². The lowest BCUT2D eigenvalue weighted by Crippen LogP contribution is -2.13. The highest BCUT2D eigenvalue weighted by Crippen LogP contribution is 2.43. The van der Waals surface area contributed by atoms with Crippen molar-refractivity contribution in [2.24, 2.45) is 5.41 Å². The first kappa shape index (κ1) is 10.6. The van der Waals surface area contributed by atoms with Crippen LogP contribution in [0, 0.1) is 11.5 Å². The van der Waals surface area contributed by atoms with Crippen LogP contribution in [-0.4, -0.2) is 0 Å². The summed E-state index contributed by atoms with van der Waals surface area (Å²) >= 11 is 0. The highest BCUT2D eigenvalue weighted by Gasteiger charge is 2.30. The summed E-state index contributed by atoms with van der Waals surface area (Å²) in [6.45, 7) is 11.2. The first-order valence-electron chi connectivity index (χ1n) is 5.31. The van der Waals surface area contributed by atoms with Crippen LogP contribution >= 0.6 is 0 Å². The minimum absolute atomic E-state index is 0.240. The summed E-state index contributed by atoms with van der Waals surface area (Å²) in [5, 5.41) is 0. The van der Waals surface area contributed by atoms with E-state index in [0.717, 1.165) is 0 Å². The Morgan fingerprint density at radius 2 is 1.85 bits per heavy atom. The average molecular weight is 177 g/mol. The summed E-state index contributed by atoms with van der Waals surface area (Å²) in [4.78, 5) is 0. The Kier molecular flexibility index (Phi) is 3.00. The first-order chi connectivity index (χ1) is 6.01. The Balaban J connectivity index is 2.82. The second kappa shape index (κ2) is 3.69. The quantitative estimate of drug-likeness (QED) is 0.603. The van der Waals surface area contributed by atoms with Crippen LogP contribution in [0.5, 0.6) is 0 Å². The van der Waals surface area contributed by atoms with Crippen molar-refractivity contribution in [3.05, 3.63) is 22.8 Å². The number of hydrogen-bond acceptors (Lipinski definition) is 0. The zero-order valence-corrected chi connectivity index (χ0v) is 9.62. The van der Waals surface area contributed by atoms with Crippen molar-refractivity contribution in [1.29, 1.82) is 0 Å². The fourth-order valence-electron chi connectivity index (χ4n) is 2.08. The molecule has 0 fully saturated rings. The van der Waals surface area contributed by atoms with Gasteiger partial charge in [0.05, 0.1) is 0 Å². The zero-order chi connectivity index (χ0) is 10.1. The van der Waals surface area contributed by atoms with Crippen LogP contribution < -0.4 is 0 Å². The Morgan fingerprint density at radius 3 is 2.23 bits per heavy atom. The lowest BCUT2D eigenvalue weighted by molar-refractivity contribution is 0.438. The van der Waals surface area contributed by atoms with E-state index in [2.05, 4.69) is 40.7 Å². The summed E-state index contributed by atoms with van der Waals surface area (Å²) < 4.78 is 0. The monoisotopic (exact) mass is 177 g/mol. The van der Waals surface area contributed by atoms with E-state index < -0.39 is 0 Å². The predicted molar refractivity (Wildman–Crippen MR) is 58.4 cm³/mol. The summed E-state index contributed by atoms with van der Waals surface area (Å²) in [6, 6.07) is 0. The maximum absolute atomic E-state index is 3.61. The largest absolute Gasteiger partial charge is 0.0654 e. The van der Waals surface area contributed by atoms with Crippen LogP contribution in [0.15, 0.2) is 16.7 Å². The topological polar surface area (TPSA) is 0 Å². The zero-order valence-electron chi connectivity index (χ0n) is 9.62. The minimum atomic E-state index is 0.240. The van der Waals surface area contributed by atoms with Gasteiger partial charge in [0, 0.05) is 5.41 Å². The first-order valence-corrected chi connectivity index (χ1v) is 5.31. The standard InChI is InChI=1S/C13H21/c1-6-7-8-13(5)9-10(2)11(3)12(13)4/h6-8H2,1-5H3. The molecule has 1 unspecified atom stereocenters. The number of hydrogen-bond donors (Lipinski definition) is 0. The van der Waals surface area contributed by atoms with Gasteiger partial charge in [0.15, 0.2) is 0 Å². The Hall–Kier alpha value is -0.520. The number of rotatable bonds is 3. The van der Waals surface area contributed by atoms with Gasteiger partial charge < -0.3 is 0 Å². The van der Waals surface area contributed by atoms with Crippen molar-refractivity contribution < 1.29 is 0 Å². The molecule has 73 valence electrons. The van der Waals surface area contributed by atoms with Crippen LogP contribution in [0.25, 0.3) is 0 Å². The van der Waals surface area contributed by atoms with Crippen LogP contribution in [0.4, 0.5) is 0 Å². The molecule has 1 rings (SSSR count). The second-order valence-electron chi connectivity index (χ2n) is 4.44. The van der Waals surface area contributed by atoms with E-state index in [9.17, 15) is 0 Å². The van der Waals surface area contributed by atoms with E-state index in [1.165, 1.54) is 36.0 Å². The molecule has 0 aliphatic heterocycles. The van der Waals surface area contributed by atoms with E-state index in [4.69, 9.17) is 0 Å². The molecule has 0 N–H and O–H groups in total. The third-order valence-electron chi connectivity index (χ3n) is 3.45. The minimum Gasteiger partial charge on any atom is -0.0654 e. The third-order valence-corrected chi connectivity index (χ3v) is 3.45. The van der Waals surface area contributed by atoms with Gasteiger partial charge in [-0.25, -0.2) is 0 Å². The highest BCUT2D eigenvalue weighted by molar-refractivity contribution is 5.41. The molecule has 0 bridgehead atoms. The van der Waals surface area contributed by atoms with Crippen LogP contribution in [-0.2, 0) is 0 Å². The molecule has 1 aliphatic rings. The number of allylic oxidation sites excluding steroid dienone is 4. The summed E-state index contributed by atoms with van der Waals surface area (Å²) in [5.41, 5.74) is 4.58. The maximum Gasteiger partial charge on any atom is 0.0142 e. The summed E-state index contributed by atoms with van der Waals surface area (Å²) in [6.07, 6.45) is 7.45. The van der Waals surface area contributed by atoms with Crippen molar-refractivity contribution in [2.75, 3.05) is 0 Å². The van der Waals surface area contributed by atoms with E-state index in [0.29, 0.717) is 0 Å². The molecule has 0 aromatic carbocycles. The molecule has 0 nitrogen and oxygen atoms in total. The summed E-state index contributed by atoms with van der Waals surface area (Å²) in [5.74, 6) is 0. The Labute approximate surface area is 82.7 Å². The molecule has 0 amide bonds. The van der Waals surface area contributed by atoms with Crippen molar-refractivity contribution >= 4 is 0 Å². The van der Waals surface area contributed by atoms with Crippen molar-refractivity contribution in [3.63, 3.8) is 0 Å². The highest BCUT2D eigenvalue weighted by atomic mass is 14.3. The summed E-state index contributed by atoms with van der Waals surface area (Å²) in [7, 11) is 0. The fraction of sp³-hybridized carbons (Fsp3) is 0.692. The van der Waals surface area contributed by atoms with Gasteiger partial charge in [0.25, 0.3) is 0 Å². The van der Waals surface area contributed by atoms with Gasteiger partial charge in [-0.2, -0.15) is 0 Å². The van der Waals surface area contributed by atoms with E-state index in [1.54, 1.807) is 0 Å². The van der Waals surface area contributed by atoms with E-state index in [1.807, 2.05) is 0 Å². The molecule has 0 saturated carbocycles. The van der Waals surface area contributed by atoms with Crippen LogP contribution in [0.1, 0.15) is 53.9 Å². The van der Waals surface area contributed by atoms with E-state index >= 15 is 0 Å². The third kappa shape index (κ3) is 1.87. The normalized spacial score (nSPS) is 28.2. The van der Waals surface area contributed by atoms with Crippen LogP contribution in [0.2, 0.25) is 0 Å². The molecular formula is C13H21. The maximum atomic E-state index is 3.61. The lowest BCUT2D eigenvalue weighted by atomic mass is 9.80. The SMILES string of the molecule is CCCCC1(C)[C]=C(C)C(C)=C1C. The van der Waals surface area contributed by atoms with Crippen LogP contribution in [0.3, 0.4) is 0 Å². The van der Waals surface area contributed by atoms with Crippen molar-refractivity contribution in [3.8, 4) is 0 Å². The molecule has 0 heterocycles. The molecule has 1 aliphatic carbocycles. The Bertz CT molecular complexity index is 255. The van der Waals surface area contributed by atoms with Crippen molar-refractivity contribution in [2.45, 2.75) is 53.9 Å². The molecule has 0 saturated heterocycles. The molecule has 13 heavy (non-hydrogen) atoms. The number of unbranched alkanes of at least 4 members (excludes halogenated alkanes) is 1. The Morgan fingerprint density at radius 1 is 1.23 bits per heavy atom. The van der Waals surface area contributed by atoms with Crippen molar-refractivity contribution in [1.82, 2.24) is 0 Å². The van der Waals surface area contributed by atoms with Gasteiger partial charge in [-0.15, -0.1) is 0 Å². The lowest BCUT2D eigenvalue weighted by Gasteiger charge is -2.23. The smallest absolute Gasteiger partial charge is 0.0142 e.